The van der Waals surface area contributed by atoms with Crippen molar-refractivity contribution in [3.63, 3.8) is 0 Å². The van der Waals surface area contributed by atoms with Crippen LogP contribution in [0.1, 0.15) is 5.56 Å². The highest BCUT2D eigenvalue weighted by Crippen LogP contribution is 2.31. The van der Waals surface area contributed by atoms with Gasteiger partial charge in [-0.05, 0) is 43.5 Å². The van der Waals surface area contributed by atoms with Crippen LogP contribution < -0.4 is 5.32 Å². The van der Waals surface area contributed by atoms with E-state index >= 15 is 0 Å². The van der Waals surface area contributed by atoms with Crippen molar-refractivity contribution in [3.8, 4) is 0 Å². The van der Waals surface area contributed by atoms with Crippen molar-refractivity contribution < 1.29 is 0 Å². The zero-order valence-corrected chi connectivity index (χ0v) is 12.4. The van der Waals surface area contributed by atoms with Crippen LogP contribution in [0.5, 0.6) is 0 Å². The quantitative estimate of drug-likeness (QED) is 0.680. The number of aromatic nitrogens is 1. The number of anilines is 2. The fraction of sp³-hybridized carbons (Fsp3) is 0.133. The minimum absolute atomic E-state index is 0.942. The molecule has 3 aromatic rings. The summed E-state index contributed by atoms with van der Waals surface area (Å²) in [6, 6.07) is 14.7. The van der Waals surface area contributed by atoms with Crippen LogP contribution in [-0.4, -0.2) is 11.2 Å². The van der Waals surface area contributed by atoms with Crippen LogP contribution in [0, 0.1) is 6.92 Å². The molecule has 2 aromatic carbocycles. The van der Waals surface area contributed by atoms with Gasteiger partial charge in [0.25, 0.3) is 0 Å². The lowest BCUT2D eigenvalue weighted by atomic mass is 10.2. The summed E-state index contributed by atoms with van der Waals surface area (Å²) in [7, 11) is 0. The number of aryl methyl sites for hydroxylation is 1. The van der Waals surface area contributed by atoms with Crippen molar-refractivity contribution in [3.05, 3.63) is 48.0 Å². The van der Waals surface area contributed by atoms with Crippen molar-refractivity contribution >= 4 is 44.1 Å². The lowest BCUT2D eigenvalue weighted by Crippen LogP contribution is -1.88. The molecular formula is C15H14N2S2. The molecule has 0 amide bonds. The summed E-state index contributed by atoms with van der Waals surface area (Å²) < 4.78 is 1.22. The van der Waals surface area contributed by atoms with Gasteiger partial charge in [0.1, 0.15) is 0 Å². The van der Waals surface area contributed by atoms with E-state index in [1.807, 2.05) is 0 Å². The number of thioether (sulfide) groups is 1. The topological polar surface area (TPSA) is 24.9 Å². The Morgan fingerprint density at radius 2 is 1.89 bits per heavy atom. The number of hydrogen-bond donors (Lipinski definition) is 1. The minimum atomic E-state index is 0.942. The molecule has 2 nitrogen and oxygen atoms in total. The van der Waals surface area contributed by atoms with Crippen LogP contribution in [0.2, 0.25) is 0 Å². The lowest BCUT2D eigenvalue weighted by molar-refractivity contribution is 1.41. The SMILES string of the molecule is CSc1ccc2nc(Nc3ccc(C)cc3)sc2c1. The van der Waals surface area contributed by atoms with Gasteiger partial charge in [-0.15, -0.1) is 11.8 Å². The fourth-order valence-electron chi connectivity index (χ4n) is 1.85. The first-order valence-electron chi connectivity index (χ1n) is 6.03. The maximum Gasteiger partial charge on any atom is 0.188 e. The molecule has 1 heterocycles. The maximum atomic E-state index is 4.60. The van der Waals surface area contributed by atoms with E-state index in [1.165, 1.54) is 15.2 Å². The summed E-state index contributed by atoms with van der Waals surface area (Å²) in [4.78, 5) is 5.88. The molecule has 0 aliphatic carbocycles. The molecule has 0 saturated heterocycles. The molecule has 0 aliphatic heterocycles. The highest BCUT2D eigenvalue weighted by Gasteiger charge is 2.04. The Balaban J connectivity index is 1.90. The Bertz CT molecular complexity index is 702. The van der Waals surface area contributed by atoms with E-state index in [9.17, 15) is 0 Å². The summed E-state index contributed by atoms with van der Waals surface area (Å²) >= 11 is 3.45. The predicted molar refractivity (Wildman–Crippen MR) is 85.9 cm³/mol. The summed E-state index contributed by atoms with van der Waals surface area (Å²) in [5.74, 6) is 0. The van der Waals surface area contributed by atoms with Crippen molar-refractivity contribution in [1.29, 1.82) is 0 Å². The second-order valence-corrected chi connectivity index (χ2v) is 6.25. The zero-order valence-electron chi connectivity index (χ0n) is 10.8. The summed E-state index contributed by atoms with van der Waals surface area (Å²) in [5, 5.41) is 4.30. The molecular weight excluding hydrogens is 272 g/mol. The van der Waals surface area contributed by atoms with Crippen LogP contribution in [0.15, 0.2) is 47.4 Å². The number of fused-ring (bicyclic) bond motifs is 1. The molecule has 19 heavy (non-hydrogen) atoms. The van der Waals surface area contributed by atoms with Gasteiger partial charge in [0, 0.05) is 10.6 Å². The van der Waals surface area contributed by atoms with Crippen LogP contribution in [0.4, 0.5) is 10.8 Å². The predicted octanol–water partition coefficient (Wildman–Crippen LogP) is 5.07. The number of benzene rings is 2. The molecule has 4 heteroatoms. The van der Waals surface area contributed by atoms with E-state index < -0.39 is 0 Å². The van der Waals surface area contributed by atoms with Gasteiger partial charge in [0.15, 0.2) is 5.13 Å². The molecule has 1 N–H and O–H groups in total. The Morgan fingerprint density at radius 1 is 1.11 bits per heavy atom. The van der Waals surface area contributed by atoms with E-state index in [2.05, 4.69) is 65.9 Å². The molecule has 0 fully saturated rings. The minimum Gasteiger partial charge on any atom is -0.332 e. The number of nitrogens with zero attached hydrogens (tertiary/aromatic N) is 1. The highest BCUT2D eigenvalue weighted by atomic mass is 32.2. The molecule has 3 rings (SSSR count). The average molecular weight is 286 g/mol. The number of rotatable bonds is 3. The van der Waals surface area contributed by atoms with Gasteiger partial charge in [0.2, 0.25) is 0 Å². The molecule has 0 unspecified atom stereocenters. The fourth-order valence-corrected chi connectivity index (χ4v) is 3.29. The van der Waals surface area contributed by atoms with Crippen molar-refractivity contribution in [2.75, 3.05) is 11.6 Å². The van der Waals surface area contributed by atoms with Crippen molar-refractivity contribution in [2.24, 2.45) is 0 Å². The Labute approximate surface area is 120 Å². The summed E-state index contributed by atoms with van der Waals surface area (Å²) in [5.41, 5.74) is 3.40. The monoisotopic (exact) mass is 286 g/mol. The van der Waals surface area contributed by atoms with E-state index in [0.717, 1.165) is 16.3 Å². The van der Waals surface area contributed by atoms with E-state index in [4.69, 9.17) is 0 Å². The molecule has 0 aliphatic rings. The van der Waals surface area contributed by atoms with Crippen LogP contribution in [0.3, 0.4) is 0 Å². The third kappa shape index (κ3) is 2.74. The van der Waals surface area contributed by atoms with E-state index in [1.54, 1.807) is 23.1 Å². The standard InChI is InChI=1S/C15H14N2S2/c1-10-3-5-11(6-4-10)16-15-17-13-8-7-12(18-2)9-14(13)19-15/h3-9H,1-2H3,(H,16,17). The molecule has 0 atom stereocenters. The smallest absolute Gasteiger partial charge is 0.188 e. The van der Waals surface area contributed by atoms with Gasteiger partial charge in [-0.3, -0.25) is 0 Å². The molecule has 0 saturated carbocycles. The van der Waals surface area contributed by atoms with Gasteiger partial charge in [-0.2, -0.15) is 0 Å². The van der Waals surface area contributed by atoms with Crippen LogP contribution in [0.25, 0.3) is 10.2 Å². The maximum absolute atomic E-state index is 4.60. The van der Waals surface area contributed by atoms with Gasteiger partial charge in [-0.1, -0.05) is 29.0 Å². The third-order valence-electron chi connectivity index (χ3n) is 2.90. The third-order valence-corrected chi connectivity index (χ3v) is 4.56. The summed E-state index contributed by atoms with van der Waals surface area (Å²) in [6.45, 7) is 2.09. The number of hydrogen-bond acceptors (Lipinski definition) is 4. The molecule has 96 valence electrons. The first-order valence-corrected chi connectivity index (χ1v) is 8.07. The Morgan fingerprint density at radius 3 is 2.63 bits per heavy atom. The van der Waals surface area contributed by atoms with Gasteiger partial charge in [0.05, 0.1) is 10.2 Å². The molecule has 0 radical (unpaired) electrons. The highest BCUT2D eigenvalue weighted by molar-refractivity contribution is 7.98. The summed E-state index contributed by atoms with van der Waals surface area (Å²) in [6.07, 6.45) is 2.09. The van der Waals surface area contributed by atoms with Gasteiger partial charge >= 0.3 is 0 Å². The first kappa shape index (κ1) is 12.5. The zero-order chi connectivity index (χ0) is 13.2. The number of nitrogens with one attached hydrogen (secondary N) is 1. The molecule has 0 bridgehead atoms. The largest absolute Gasteiger partial charge is 0.332 e. The lowest BCUT2D eigenvalue weighted by Gasteiger charge is -2.01. The van der Waals surface area contributed by atoms with Crippen LogP contribution >= 0.6 is 23.1 Å². The first-order chi connectivity index (χ1) is 9.24. The molecule has 1 aromatic heterocycles. The van der Waals surface area contributed by atoms with Crippen molar-refractivity contribution in [2.45, 2.75) is 11.8 Å². The van der Waals surface area contributed by atoms with Gasteiger partial charge in [-0.25, -0.2) is 4.98 Å². The van der Waals surface area contributed by atoms with Gasteiger partial charge < -0.3 is 5.32 Å². The Hall–Kier alpha value is -1.52. The van der Waals surface area contributed by atoms with E-state index in [-0.39, 0.29) is 0 Å². The Kier molecular flexibility index (Phi) is 3.44. The normalized spacial score (nSPS) is 10.8. The number of thiazole rings is 1. The second kappa shape index (κ2) is 5.23. The average Bonchev–Trinajstić information content (AvgIpc) is 2.82. The second-order valence-electron chi connectivity index (χ2n) is 4.34. The van der Waals surface area contributed by atoms with Crippen LogP contribution in [-0.2, 0) is 0 Å². The van der Waals surface area contributed by atoms with Crippen molar-refractivity contribution in [1.82, 2.24) is 4.98 Å². The molecule has 0 spiro atoms. The van der Waals surface area contributed by atoms with E-state index in [0.29, 0.717) is 0 Å².